The molecule has 0 amide bonds. The van der Waals surface area contributed by atoms with E-state index in [-0.39, 0.29) is 12.4 Å². The summed E-state index contributed by atoms with van der Waals surface area (Å²) < 4.78 is 5.29. The van der Waals surface area contributed by atoms with Crippen LogP contribution in [-0.4, -0.2) is 25.3 Å². The van der Waals surface area contributed by atoms with E-state index in [1.165, 1.54) is 12.8 Å². The van der Waals surface area contributed by atoms with Crippen molar-refractivity contribution in [1.29, 1.82) is 0 Å². The summed E-state index contributed by atoms with van der Waals surface area (Å²) in [5.74, 6) is 0. The zero-order valence-corrected chi connectivity index (χ0v) is 6.12. The second-order valence-electron chi connectivity index (χ2n) is 2.68. The molecule has 0 aromatic carbocycles. The summed E-state index contributed by atoms with van der Waals surface area (Å²) in [6, 6.07) is 1.38. The Hall–Kier alpha value is 0.210. The standard InChI is InChI=1S/C6H11NO.ClH/c1-2-6-4-8-3-5(1)7-6;/h5-7H,1-4H2;1H. The van der Waals surface area contributed by atoms with E-state index in [9.17, 15) is 0 Å². The SMILES string of the molecule is C1CC2COCC1N2.Cl. The van der Waals surface area contributed by atoms with Crippen LogP contribution in [0.5, 0.6) is 0 Å². The number of rotatable bonds is 0. The number of halogens is 1. The van der Waals surface area contributed by atoms with Crippen molar-refractivity contribution >= 4 is 12.4 Å². The van der Waals surface area contributed by atoms with Gasteiger partial charge >= 0.3 is 0 Å². The molecule has 2 fully saturated rings. The number of ether oxygens (including phenoxy) is 1. The molecule has 0 aromatic heterocycles. The van der Waals surface area contributed by atoms with Crippen LogP contribution in [0.25, 0.3) is 0 Å². The van der Waals surface area contributed by atoms with Crippen molar-refractivity contribution < 1.29 is 4.74 Å². The molecule has 54 valence electrons. The molecule has 2 heterocycles. The molecular formula is C6H12ClNO. The molecule has 0 radical (unpaired) electrons. The Kier molecular flexibility index (Phi) is 2.33. The maximum Gasteiger partial charge on any atom is 0.0620 e. The smallest absolute Gasteiger partial charge is 0.0620 e. The summed E-state index contributed by atoms with van der Waals surface area (Å²) >= 11 is 0. The lowest BCUT2D eigenvalue weighted by Gasteiger charge is -2.20. The van der Waals surface area contributed by atoms with Gasteiger partial charge in [0, 0.05) is 12.1 Å². The lowest BCUT2D eigenvalue weighted by atomic mass is 10.2. The Labute approximate surface area is 61.4 Å². The van der Waals surface area contributed by atoms with Crippen molar-refractivity contribution in [3.05, 3.63) is 0 Å². The molecule has 2 nitrogen and oxygen atoms in total. The molecule has 2 aliphatic heterocycles. The highest BCUT2D eigenvalue weighted by molar-refractivity contribution is 5.85. The van der Waals surface area contributed by atoms with E-state index >= 15 is 0 Å². The lowest BCUT2D eigenvalue weighted by Crippen LogP contribution is -2.41. The molecule has 2 bridgehead atoms. The van der Waals surface area contributed by atoms with Crippen LogP contribution in [0.15, 0.2) is 0 Å². The number of morpholine rings is 1. The van der Waals surface area contributed by atoms with Crippen LogP contribution in [0.4, 0.5) is 0 Å². The molecular weight excluding hydrogens is 138 g/mol. The number of hydrogen-bond donors (Lipinski definition) is 1. The van der Waals surface area contributed by atoms with Crippen molar-refractivity contribution in [3.63, 3.8) is 0 Å². The van der Waals surface area contributed by atoms with E-state index in [0.717, 1.165) is 13.2 Å². The second-order valence-corrected chi connectivity index (χ2v) is 2.68. The van der Waals surface area contributed by atoms with E-state index < -0.39 is 0 Å². The van der Waals surface area contributed by atoms with Crippen LogP contribution < -0.4 is 5.32 Å². The highest BCUT2D eigenvalue weighted by Gasteiger charge is 2.27. The Morgan fingerprint density at radius 2 is 1.67 bits per heavy atom. The molecule has 2 rings (SSSR count). The first kappa shape index (κ1) is 7.32. The largest absolute Gasteiger partial charge is 0.378 e. The fourth-order valence-corrected chi connectivity index (χ4v) is 1.52. The maximum atomic E-state index is 5.29. The molecule has 3 heteroatoms. The van der Waals surface area contributed by atoms with E-state index in [4.69, 9.17) is 4.74 Å². The van der Waals surface area contributed by atoms with Gasteiger partial charge in [0.1, 0.15) is 0 Å². The monoisotopic (exact) mass is 149 g/mol. The predicted octanol–water partition coefficient (Wildman–Crippen LogP) is 0.559. The third-order valence-corrected chi connectivity index (χ3v) is 1.97. The molecule has 0 spiro atoms. The van der Waals surface area contributed by atoms with E-state index in [1.807, 2.05) is 0 Å². The topological polar surface area (TPSA) is 21.3 Å². The van der Waals surface area contributed by atoms with Crippen LogP contribution in [-0.2, 0) is 4.74 Å². The molecule has 0 saturated carbocycles. The van der Waals surface area contributed by atoms with Gasteiger partial charge < -0.3 is 10.1 Å². The second kappa shape index (κ2) is 2.86. The van der Waals surface area contributed by atoms with Gasteiger partial charge in [0.15, 0.2) is 0 Å². The first-order valence-corrected chi connectivity index (χ1v) is 3.29. The molecule has 0 aliphatic carbocycles. The van der Waals surface area contributed by atoms with Crippen LogP contribution in [0, 0.1) is 0 Å². The fourth-order valence-electron chi connectivity index (χ4n) is 1.52. The zero-order chi connectivity index (χ0) is 5.40. The summed E-state index contributed by atoms with van der Waals surface area (Å²) in [5.41, 5.74) is 0. The molecule has 0 aromatic rings. The number of fused-ring (bicyclic) bond motifs is 2. The summed E-state index contributed by atoms with van der Waals surface area (Å²) in [6.07, 6.45) is 2.65. The first-order chi connectivity index (χ1) is 3.95. The van der Waals surface area contributed by atoms with Crippen LogP contribution >= 0.6 is 12.4 Å². The summed E-state index contributed by atoms with van der Waals surface area (Å²) in [5, 5.41) is 3.47. The minimum atomic E-state index is 0. The lowest BCUT2D eigenvalue weighted by molar-refractivity contribution is 0.0728. The molecule has 1 N–H and O–H groups in total. The third kappa shape index (κ3) is 1.37. The maximum absolute atomic E-state index is 5.29. The molecule has 2 saturated heterocycles. The van der Waals surface area contributed by atoms with Gasteiger partial charge in [-0.3, -0.25) is 0 Å². The quantitative estimate of drug-likeness (QED) is 0.544. The Morgan fingerprint density at radius 1 is 1.11 bits per heavy atom. The minimum absolute atomic E-state index is 0. The molecule has 2 atom stereocenters. The van der Waals surface area contributed by atoms with Gasteiger partial charge in [-0.05, 0) is 12.8 Å². The molecule has 2 unspecified atom stereocenters. The normalized spacial score (nSPS) is 40.0. The van der Waals surface area contributed by atoms with E-state index in [2.05, 4.69) is 5.32 Å². The summed E-state index contributed by atoms with van der Waals surface area (Å²) in [6.45, 7) is 1.88. The van der Waals surface area contributed by atoms with Gasteiger partial charge in [0.2, 0.25) is 0 Å². The van der Waals surface area contributed by atoms with Crippen molar-refractivity contribution in [1.82, 2.24) is 5.32 Å². The first-order valence-electron chi connectivity index (χ1n) is 3.29. The highest BCUT2D eigenvalue weighted by atomic mass is 35.5. The van der Waals surface area contributed by atoms with E-state index in [1.54, 1.807) is 0 Å². The third-order valence-electron chi connectivity index (χ3n) is 1.97. The van der Waals surface area contributed by atoms with Crippen molar-refractivity contribution in [2.24, 2.45) is 0 Å². The fraction of sp³-hybridized carbons (Fsp3) is 1.00. The van der Waals surface area contributed by atoms with Crippen LogP contribution in [0.2, 0.25) is 0 Å². The van der Waals surface area contributed by atoms with Crippen molar-refractivity contribution in [2.45, 2.75) is 24.9 Å². The van der Waals surface area contributed by atoms with Gasteiger partial charge in [0.05, 0.1) is 13.2 Å². The van der Waals surface area contributed by atoms with Crippen molar-refractivity contribution in [2.75, 3.05) is 13.2 Å². The Morgan fingerprint density at radius 3 is 2.11 bits per heavy atom. The number of nitrogens with one attached hydrogen (secondary N) is 1. The predicted molar refractivity (Wildman–Crippen MR) is 38.0 cm³/mol. The molecule has 9 heavy (non-hydrogen) atoms. The van der Waals surface area contributed by atoms with Crippen LogP contribution in [0.1, 0.15) is 12.8 Å². The summed E-state index contributed by atoms with van der Waals surface area (Å²) in [7, 11) is 0. The molecule has 2 aliphatic rings. The highest BCUT2D eigenvalue weighted by Crippen LogP contribution is 2.16. The van der Waals surface area contributed by atoms with Crippen molar-refractivity contribution in [3.8, 4) is 0 Å². The Balaban J connectivity index is 0.000000405. The van der Waals surface area contributed by atoms with E-state index in [0.29, 0.717) is 12.1 Å². The van der Waals surface area contributed by atoms with Gasteiger partial charge in [-0.25, -0.2) is 0 Å². The summed E-state index contributed by atoms with van der Waals surface area (Å²) in [4.78, 5) is 0. The van der Waals surface area contributed by atoms with Gasteiger partial charge in [-0.1, -0.05) is 0 Å². The minimum Gasteiger partial charge on any atom is -0.378 e. The van der Waals surface area contributed by atoms with Crippen LogP contribution in [0.3, 0.4) is 0 Å². The average molecular weight is 150 g/mol. The van der Waals surface area contributed by atoms with Gasteiger partial charge in [0.25, 0.3) is 0 Å². The zero-order valence-electron chi connectivity index (χ0n) is 5.30. The van der Waals surface area contributed by atoms with Gasteiger partial charge in [-0.15, -0.1) is 12.4 Å². The average Bonchev–Trinajstić information content (AvgIpc) is 2.12. The Bertz CT molecular complexity index is 85.1. The number of hydrogen-bond acceptors (Lipinski definition) is 2. The van der Waals surface area contributed by atoms with Gasteiger partial charge in [-0.2, -0.15) is 0 Å².